The molecule has 0 spiro atoms. The normalized spacial score (nSPS) is 51.0. The monoisotopic (exact) mass is 142 g/mol. The number of hydrogen-bond donors (Lipinski definition) is 1. The van der Waals surface area contributed by atoms with Crippen LogP contribution in [0, 0.1) is 17.8 Å². The Morgan fingerprint density at radius 2 is 2.00 bits per heavy atom. The first kappa shape index (κ1) is 6.62. The summed E-state index contributed by atoms with van der Waals surface area (Å²) >= 11 is 0. The Labute approximate surface area is 61.2 Å². The quantitative estimate of drug-likeness (QED) is 0.613. The summed E-state index contributed by atoms with van der Waals surface area (Å²) in [5.41, 5.74) is 0. The Balaban J connectivity index is 1.84. The Morgan fingerprint density at radius 3 is 2.40 bits per heavy atom. The number of hydrogen-bond acceptors (Lipinski definition) is 2. The molecule has 2 rings (SSSR count). The zero-order valence-electron chi connectivity index (χ0n) is 6.29. The van der Waals surface area contributed by atoms with Crippen LogP contribution in [-0.4, -0.2) is 24.9 Å². The molecule has 0 saturated heterocycles. The molecule has 10 heavy (non-hydrogen) atoms. The van der Waals surface area contributed by atoms with E-state index in [-0.39, 0.29) is 0 Å². The van der Waals surface area contributed by atoms with E-state index in [1.165, 1.54) is 12.8 Å². The second kappa shape index (κ2) is 2.21. The molecule has 2 heteroatoms. The lowest BCUT2D eigenvalue weighted by Gasteiger charge is -2.10. The van der Waals surface area contributed by atoms with Crippen LogP contribution in [0.2, 0.25) is 0 Å². The molecule has 0 radical (unpaired) electrons. The first-order valence-electron chi connectivity index (χ1n) is 4.00. The highest BCUT2D eigenvalue weighted by atomic mass is 16.5. The predicted octanol–water partition coefficient (Wildman–Crippen LogP) is 0.650. The molecule has 0 bridgehead atoms. The average molecular weight is 142 g/mol. The SMILES string of the molecule is COC1CC2C(CO)C2C1. The van der Waals surface area contributed by atoms with Crippen LogP contribution >= 0.6 is 0 Å². The summed E-state index contributed by atoms with van der Waals surface area (Å²) in [6, 6.07) is 0. The lowest BCUT2D eigenvalue weighted by atomic mass is 10.1. The molecule has 0 aromatic rings. The summed E-state index contributed by atoms with van der Waals surface area (Å²) in [7, 11) is 1.78. The number of methoxy groups -OCH3 is 1. The first-order valence-corrected chi connectivity index (χ1v) is 4.00. The van der Waals surface area contributed by atoms with Crippen LogP contribution in [-0.2, 0) is 4.74 Å². The van der Waals surface area contributed by atoms with E-state index in [2.05, 4.69) is 0 Å². The van der Waals surface area contributed by atoms with Crippen molar-refractivity contribution in [2.45, 2.75) is 18.9 Å². The van der Waals surface area contributed by atoms with Gasteiger partial charge >= 0.3 is 0 Å². The molecule has 58 valence electrons. The van der Waals surface area contributed by atoms with Crippen molar-refractivity contribution in [3.63, 3.8) is 0 Å². The van der Waals surface area contributed by atoms with Crippen LogP contribution in [0.5, 0.6) is 0 Å². The number of fused-ring (bicyclic) bond motifs is 1. The van der Waals surface area contributed by atoms with Crippen LogP contribution in [0.4, 0.5) is 0 Å². The van der Waals surface area contributed by atoms with Crippen LogP contribution < -0.4 is 0 Å². The maximum atomic E-state index is 8.83. The molecule has 2 unspecified atom stereocenters. The average Bonchev–Trinajstić information content (AvgIpc) is 2.43. The molecule has 0 amide bonds. The molecular formula is C8H14O2. The van der Waals surface area contributed by atoms with E-state index in [0.29, 0.717) is 18.6 Å². The molecule has 2 atom stereocenters. The zero-order valence-corrected chi connectivity index (χ0v) is 6.29. The number of rotatable bonds is 2. The summed E-state index contributed by atoms with van der Waals surface area (Å²) in [4.78, 5) is 0. The number of aliphatic hydroxyl groups excluding tert-OH is 1. The zero-order chi connectivity index (χ0) is 7.14. The fraction of sp³-hybridized carbons (Fsp3) is 1.00. The number of aliphatic hydroxyl groups is 1. The minimum absolute atomic E-state index is 0.395. The van der Waals surface area contributed by atoms with Crippen molar-refractivity contribution in [1.29, 1.82) is 0 Å². The Bertz CT molecular complexity index is 121. The van der Waals surface area contributed by atoms with Gasteiger partial charge in [0.05, 0.1) is 6.10 Å². The summed E-state index contributed by atoms with van der Waals surface area (Å²) in [6.07, 6.45) is 2.87. The van der Waals surface area contributed by atoms with Crippen molar-refractivity contribution in [2.24, 2.45) is 17.8 Å². The van der Waals surface area contributed by atoms with Gasteiger partial charge in [-0.25, -0.2) is 0 Å². The van der Waals surface area contributed by atoms with Crippen molar-refractivity contribution in [3.8, 4) is 0 Å². The third kappa shape index (κ3) is 0.789. The van der Waals surface area contributed by atoms with Gasteiger partial charge in [-0.3, -0.25) is 0 Å². The van der Waals surface area contributed by atoms with Crippen molar-refractivity contribution in [1.82, 2.24) is 0 Å². The highest BCUT2D eigenvalue weighted by Gasteiger charge is 2.55. The molecular weight excluding hydrogens is 128 g/mol. The molecule has 2 saturated carbocycles. The first-order chi connectivity index (χ1) is 4.86. The van der Waals surface area contributed by atoms with E-state index in [1.807, 2.05) is 0 Å². The maximum absolute atomic E-state index is 8.83. The topological polar surface area (TPSA) is 29.5 Å². The highest BCUT2D eigenvalue weighted by Crippen LogP contribution is 2.57. The maximum Gasteiger partial charge on any atom is 0.0577 e. The summed E-state index contributed by atoms with van der Waals surface area (Å²) in [5.74, 6) is 2.23. The predicted molar refractivity (Wildman–Crippen MR) is 37.6 cm³/mol. The highest BCUT2D eigenvalue weighted by molar-refractivity contribution is 5.04. The van der Waals surface area contributed by atoms with Crippen LogP contribution in [0.1, 0.15) is 12.8 Å². The van der Waals surface area contributed by atoms with E-state index < -0.39 is 0 Å². The molecule has 0 aromatic carbocycles. The van der Waals surface area contributed by atoms with Gasteiger partial charge in [-0.1, -0.05) is 0 Å². The molecule has 2 nitrogen and oxygen atoms in total. The van der Waals surface area contributed by atoms with E-state index in [4.69, 9.17) is 9.84 Å². The van der Waals surface area contributed by atoms with Gasteiger partial charge in [-0.15, -0.1) is 0 Å². The van der Waals surface area contributed by atoms with Gasteiger partial charge in [-0.2, -0.15) is 0 Å². The van der Waals surface area contributed by atoms with Crippen molar-refractivity contribution < 1.29 is 9.84 Å². The standard InChI is InChI=1S/C8H14O2/c1-10-5-2-6-7(3-5)8(6)4-9/h5-9H,2-4H2,1H3. The lowest BCUT2D eigenvalue weighted by Crippen LogP contribution is -2.10. The van der Waals surface area contributed by atoms with Crippen LogP contribution in [0.25, 0.3) is 0 Å². The summed E-state index contributed by atoms with van der Waals surface area (Å²) in [6.45, 7) is 0.395. The molecule has 1 N–H and O–H groups in total. The van der Waals surface area contributed by atoms with Gasteiger partial charge in [0.25, 0.3) is 0 Å². The largest absolute Gasteiger partial charge is 0.396 e. The minimum Gasteiger partial charge on any atom is -0.396 e. The second-order valence-electron chi connectivity index (χ2n) is 3.50. The molecule has 2 aliphatic rings. The van der Waals surface area contributed by atoms with Crippen molar-refractivity contribution in [2.75, 3.05) is 13.7 Å². The Hall–Kier alpha value is -0.0800. The third-order valence-electron chi connectivity index (χ3n) is 3.12. The van der Waals surface area contributed by atoms with E-state index in [0.717, 1.165) is 11.8 Å². The Kier molecular flexibility index (Phi) is 1.46. The minimum atomic E-state index is 0.395. The molecule has 0 heterocycles. The fourth-order valence-electron chi connectivity index (χ4n) is 2.39. The molecule has 2 aliphatic carbocycles. The molecule has 2 fully saturated rings. The van der Waals surface area contributed by atoms with E-state index in [9.17, 15) is 0 Å². The smallest absolute Gasteiger partial charge is 0.0577 e. The van der Waals surface area contributed by atoms with E-state index in [1.54, 1.807) is 7.11 Å². The Morgan fingerprint density at radius 1 is 1.40 bits per heavy atom. The summed E-state index contributed by atoms with van der Waals surface area (Å²) < 4.78 is 5.22. The van der Waals surface area contributed by atoms with Gasteiger partial charge in [0.2, 0.25) is 0 Å². The van der Waals surface area contributed by atoms with Crippen molar-refractivity contribution in [3.05, 3.63) is 0 Å². The van der Waals surface area contributed by atoms with Gasteiger partial charge in [0, 0.05) is 13.7 Å². The number of ether oxygens (including phenoxy) is 1. The lowest BCUT2D eigenvalue weighted by molar-refractivity contribution is 0.0890. The van der Waals surface area contributed by atoms with Crippen LogP contribution in [0.15, 0.2) is 0 Å². The third-order valence-corrected chi connectivity index (χ3v) is 3.12. The van der Waals surface area contributed by atoms with Gasteiger partial charge in [0.1, 0.15) is 0 Å². The summed E-state index contributed by atoms with van der Waals surface area (Å²) in [5, 5.41) is 8.83. The van der Waals surface area contributed by atoms with Gasteiger partial charge < -0.3 is 9.84 Å². The molecule has 0 aliphatic heterocycles. The second-order valence-corrected chi connectivity index (χ2v) is 3.50. The van der Waals surface area contributed by atoms with Gasteiger partial charge in [-0.05, 0) is 30.6 Å². The van der Waals surface area contributed by atoms with Gasteiger partial charge in [0.15, 0.2) is 0 Å². The van der Waals surface area contributed by atoms with Crippen molar-refractivity contribution >= 4 is 0 Å². The van der Waals surface area contributed by atoms with E-state index >= 15 is 0 Å². The van der Waals surface area contributed by atoms with Crippen LogP contribution in [0.3, 0.4) is 0 Å². The fourth-order valence-corrected chi connectivity index (χ4v) is 2.39. The molecule has 0 aromatic heterocycles.